The van der Waals surface area contributed by atoms with Gasteiger partial charge in [0, 0.05) is 18.0 Å². The minimum absolute atomic E-state index is 0.0496. The molecule has 2 aromatic carbocycles. The van der Waals surface area contributed by atoms with Gasteiger partial charge in [0.2, 0.25) is 5.91 Å². The van der Waals surface area contributed by atoms with Crippen LogP contribution in [0.1, 0.15) is 12.0 Å². The number of carbonyl (C=O) groups excluding carboxylic acids is 1. The third-order valence-corrected chi connectivity index (χ3v) is 2.79. The molecule has 0 aliphatic rings. The van der Waals surface area contributed by atoms with E-state index in [0.717, 1.165) is 11.1 Å². The second-order valence-electron chi connectivity index (χ2n) is 4.05. The Morgan fingerprint density at radius 3 is 2.65 bits per heavy atom. The molecule has 0 bridgehead atoms. The van der Waals surface area contributed by atoms with E-state index in [9.17, 15) is 4.79 Å². The SMILES string of the molecule is Cc1ccc2cc(NC(=O)CCCl)ccc2c1. The number of hydrogen-bond donors (Lipinski definition) is 1. The lowest BCUT2D eigenvalue weighted by Crippen LogP contribution is -2.11. The number of hydrogen-bond acceptors (Lipinski definition) is 1. The first-order valence-electron chi connectivity index (χ1n) is 5.55. The lowest BCUT2D eigenvalue weighted by atomic mass is 10.1. The van der Waals surface area contributed by atoms with Gasteiger partial charge in [-0.3, -0.25) is 4.79 Å². The summed E-state index contributed by atoms with van der Waals surface area (Å²) in [6.45, 7) is 2.07. The van der Waals surface area contributed by atoms with E-state index in [1.165, 1.54) is 10.9 Å². The van der Waals surface area contributed by atoms with Gasteiger partial charge in [0.15, 0.2) is 0 Å². The summed E-state index contributed by atoms with van der Waals surface area (Å²) in [6, 6.07) is 12.1. The van der Waals surface area contributed by atoms with Crippen molar-refractivity contribution in [3.8, 4) is 0 Å². The molecule has 17 heavy (non-hydrogen) atoms. The molecule has 2 rings (SSSR count). The smallest absolute Gasteiger partial charge is 0.225 e. The van der Waals surface area contributed by atoms with E-state index in [4.69, 9.17) is 11.6 Å². The fourth-order valence-corrected chi connectivity index (χ4v) is 1.92. The Balaban J connectivity index is 2.26. The summed E-state index contributed by atoms with van der Waals surface area (Å²) in [5, 5.41) is 5.13. The number of alkyl halides is 1. The predicted molar refractivity (Wildman–Crippen MR) is 72.7 cm³/mol. The van der Waals surface area contributed by atoms with E-state index in [-0.39, 0.29) is 5.91 Å². The molecule has 1 amide bonds. The first kappa shape index (κ1) is 11.9. The van der Waals surface area contributed by atoms with Gasteiger partial charge in [0.25, 0.3) is 0 Å². The molecule has 0 aromatic heterocycles. The lowest BCUT2D eigenvalue weighted by molar-refractivity contribution is -0.115. The zero-order chi connectivity index (χ0) is 12.3. The molecule has 2 aromatic rings. The van der Waals surface area contributed by atoms with Crippen LogP contribution in [0.2, 0.25) is 0 Å². The first-order chi connectivity index (χ1) is 8.19. The van der Waals surface area contributed by atoms with Crippen molar-refractivity contribution in [3.63, 3.8) is 0 Å². The highest BCUT2D eigenvalue weighted by Gasteiger charge is 2.02. The number of amides is 1. The second-order valence-corrected chi connectivity index (χ2v) is 4.43. The zero-order valence-electron chi connectivity index (χ0n) is 9.66. The molecule has 0 spiro atoms. The third-order valence-electron chi connectivity index (χ3n) is 2.60. The Kier molecular flexibility index (Phi) is 3.64. The zero-order valence-corrected chi connectivity index (χ0v) is 10.4. The number of aryl methyl sites for hydroxylation is 1. The molecule has 0 aliphatic heterocycles. The third kappa shape index (κ3) is 2.98. The van der Waals surface area contributed by atoms with Crippen molar-refractivity contribution in [2.24, 2.45) is 0 Å². The van der Waals surface area contributed by atoms with Crippen LogP contribution in [0.15, 0.2) is 36.4 Å². The summed E-state index contributed by atoms with van der Waals surface area (Å²) >= 11 is 5.51. The highest BCUT2D eigenvalue weighted by Crippen LogP contribution is 2.20. The summed E-state index contributed by atoms with van der Waals surface area (Å²) in [5.41, 5.74) is 2.05. The van der Waals surface area contributed by atoms with Crippen molar-refractivity contribution < 1.29 is 4.79 Å². The Bertz CT molecular complexity index is 551. The van der Waals surface area contributed by atoms with Crippen molar-refractivity contribution in [3.05, 3.63) is 42.0 Å². The van der Waals surface area contributed by atoms with Crippen molar-refractivity contribution in [2.75, 3.05) is 11.2 Å². The molecule has 2 nitrogen and oxygen atoms in total. The van der Waals surface area contributed by atoms with Crippen LogP contribution in [-0.2, 0) is 4.79 Å². The number of nitrogens with one attached hydrogen (secondary N) is 1. The molecular formula is C14H14ClNO. The normalized spacial score (nSPS) is 10.5. The number of anilines is 1. The Labute approximate surface area is 106 Å². The molecule has 0 heterocycles. The van der Waals surface area contributed by atoms with E-state index < -0.39 is 0 Å². The first-order valence-corrected chi connectivity index (χ1v) is 6.09. The highest BCUT2D eigenvalue weighted by atomic mass is 35.5. The van der Waals surface area contributed by atoms with Crippen LogP contribution in [-0.4, -0.2) is 11.8 Å². The summed E-state index contributed by atoms with van der Waals surface area (Å²) in [4.78, 5) is 11.4. The average Bonchev–Trinajstić information content (AvgIpc) is 2.29. The Hall–Kier alpha value is -1.54. The van der Waals surface area contributed by atoms with Crippen molar-refractivity contribution in [1.29, 1.82) is 0 Å². The summed E-state index contributed by atoms with van der Waals surface area (Å²) in [6.07, 6.45) is 0.341. The number of halogens is 1. The number of benzene rings is 2. The van der Waals surface area contributed by atoms with Gasteiger partial charge in [-0.2, -0.15) is 0 Å². The monoisotopic (exact) mass is 247 g/mol. The molecule has 0 fully saturated rings. The average molecular weight is 248 g/mol. The fourth-order valence-electron chi connectivity index (χ4n) is 1.75. The number of rotatable bonds is 3. The summed E-state index contributed by atoms with van der Waals surface area (Å²) in [5.74, 6) is 0.296. The molecular weight excluding hydrogens is 234 g/mol. The van der Waals surface area contributed by atoms with Gasteiger partial charge in [-0.1, -0.05) is 29.8 Å². The topological polar surface area (TPSA) is 29.1 Å². The van der Waals surface area contributed by atoms with Crippen LogP contribution in [0.5, 0.6) is 0 Å². The van der Waals surface area contributed by atoms with Crippen molar-refractivity contribution in [1.82, 2.24) is 0 Å². The van der Waals surface area contributed by atoms with Crippen LogP contribution in [0.3, 0.4) is 0 Å². The quantitative estimate of drug-likeness (QED) is 0.823. The maximum Gasteiger partial charge on any atom is 0.225 e. The molecule has 1 N–H and O–H groups in total. The standard InChI is InChI=1S/C14H14ClNO/c1-10-2-3-12-9-13(5-4-11(12)8-10)16-14(17)6-7-15/h2-5,8-9H,6-7H2,1H3,(H,16,17). The highest BCUT2D eigenvalue weighted by molar-refractivity contribution is 6.19. The minimum atomic E-state index is -0.0496. The van der Waals surface area contributed by atoms with Gasteiger partial charge >= 0.3 is 0 Å². The minimum Gasteiger partial charge on any atom is -0.326 e. The Morgan fingerprint density at radius 2 is 1.88 bits per heavy atom. The van der Waals surface area contributed by atoms with E-state index >= 15 is 0 Å². The van der Waals surface area contributed by atoms with Gasteiger partial charge < -0.3 is 5.32 Å². The maximum atomic E-state index is 11.4. The number of fused-ring (bicyclic) bond motifs is 1. The molecule has 0 radical (unpaired) electrons. The van der Waals surface area contributed by atoms with Crippen molar-refractivity contribution >= 4 is 34.0 Å². The van der Waals surface area contributed by atoms with Gasteiger partial charge in [-0.15, -0.1) is 11.6 Å². The second kappa shape index (κ2) is 5.19. The van der Waals surface area contributed by atoms with Crippen molar-refractivity contribution in [2.45, 2.75) is 13.3 Å². The lowest BCUT2D eigenvalue weighted by Gasteiger charge is -2.06. The van der Waals surface area contributed by atoms with E-state index in [1.807, 2.05) is 18.2 Å². The molecule has 88 valence electrons. The molecule has 0 aliphatic carbocycles. The molecule has 0 saturated heterocycles. The van der Waals surface area contributed by atoms with Gasteiger partial charge in [-0.25, -0.2) is 0 Å². The van der Waals surface area contributed by atoms with Crippen LogP contribution in [0.25, 0.3) is 10.8 Å². The summed E-state index contributed by atoms with van der Waals surface area (Å²) in [7, 11) is 0. The van der Waals surface area contributed by atoms with E-state index in [2.05, 4.69) is 30.4 Å². The molecule has 0 unspecified atom stereocenters. The number of carbonyl (C=O) groups is 1. The van der Waals surface area contributed by atoms with Crippen LogP contribution >= 0.6 is 11.6 Å². The van der Waals surface area contributed by atoms with Gasteiger partial charge in [0.05, 0.1) is 0 Å². The largest absolute Gasteiger partial charge is 0.326 e. The predicted octanol–water partition coefficient (Wildman–Crippen LogP) is 3.72. The van der Waals surface area contributed by atoms with Crippen LogP contribution in [0.4, 0.5) is 5.69 Å². The van der Waals surface area contributed by atoms with E-state index in [1.54, 1.807) is 0 Å². The fraction of sp³-hybridized carbons (Fsp3) is 0.214. The van der Waals surface area contributed by atoms with Gasteiger partial charge in [0.1, 0.15) is 0 Å². The Morgan fingerprint density at radius 1 is 1.18 bits per heavy atom. The molecule has 0 atom stereocenters. The maximum absolute atomic E-state index is 11.4. The molecule has 3 heteroatoms. The van der Waals surface area contributed by atoms with Crippen LogP contribution in [0, 0.1) is 6.92 Å². The molecule has 0 saturated carbocycles. The van der Waals surface area contributed by atoms with Crippen LogP contribution < -0.4 is 5.32 Å². The summed E-state index contributed by atoms with van der Waals surface area (Å²) < 4.78 is 0. The van der Waals surface area contributed by atoms with Gasteiger partial charge in [-0.05, 0) is 29.8 Å². The van der Waals surface area contributed by atoms with E-state index in [0.29, 0.717) is 12.3 Å².